The van der Waals surface area contributed by atoms with Crippen molar-refractivity contribution in [2.24, 2.45) is 0 Å². The highest BCUT2D eigenvalue weighted by Crippen LogP contribution is 2.38. The first-order valence-electron chi connectivity index (χ1n) is 8.42. The summed E-state index contributed by atoms with van der Waals surface area (Å²) in [5, 5.41) is 24.4. The lowest BCUT2D eigenvalue weighted by molar-refractivity contribution is 0.0192. The number of anilines is 1. The number of pyridine rings is 1. The Morgan fingerprint density at radius 2 is 2.32 bits per heavy atom. The molecule has 2 aromatic rings. The molecular weight excluding hydrogens is 342 g/mol. The number of hydrogen-bond donors (Lipinski definition) is 1. The molecular formula is C17H18ClN5O2. The van der Waals surface area contributed by atoms with Crippen molar-refractivity contribution in [1.82, 2.24) is 15.1 Å². The van der Waals surface area contributed by atoms with Gasteiger partial charge < -0.3 is 14.5 Å². The van der Waals surface area contributed by atoms with Crippen LogP contribution in [0, 0.1) is 11.3 Å². The molecule has 1 N–H and O–H groups in total. The first-order valence-corrected chi connectivity index (χ1v) is 8.79. The van der Waals surface area contributed by atoms with E-state index in [1.54, 1.807) is 6.07 Å². The summed E-state index contributed by atoms with van der Waals surface area (Å²) >= 11 is 6.26. The molecule has 0 radical (unpaired) electrons. The number of nitriles is 1. The van der Waals surface area contributed by atoms with Gasteiger partial charge in [-0.2, -0.15) is 10.2 Å². The van der Waals surface area contributed by atoms with Crippen molar-refractivity contribution in [2.45, 2.75) is 43.6 Å². The molecule has 0 spiro atoms. The van der Waals surface area contributed by atoms with Gasteiger partial charge in [0.1, 0.15) is 11.9 Å². The van der Waals surface area contributed by atoms with Crippen molar-refractivity contribution in [3.63, 3.8) is 0 Å². The molecule has 2 aliphatic rings. The second-order valence-corrected chi connectivity index (χ2v) is 7.30. The van der Waals surface area contributed by atoms with E-state index in [4.69, 9.17) is 21.4 Å². The van der Waals surface area contributed by atoms with Crippen LogP contribution in [0.15, 0.2) is 16.8 Å². The molecule has 2 aromatic heterocycles. The zero-order valence-corrected chi connectivity index (χ0v) is 14.4. The molecule has 1 unspecified atom stereocenters. The molecule has 0 aromatic carbocycles. The number of hydrogen-bond acceptors (Lipinski definition) is 7. The van der Waals surface area contributed by atoms with Crippen molar-refractivity contribution in [3.05, 3.63) is 34.6 Å². The average molecular weight is 360 g/mol. The number of aliphatic hydroxyl groups is 1. The van der Waals surface area contributed by atoms with Gasteiger partial charge in [0.25, 0.3) is 0 Å². The van der Waals surface area contributed by atoms with E-state index < -0.39 is 5.60 Å². The van der Waals surface area contributed by atoms with Gasteiger partial charge in [0.15, 0.2) is 5.82 Å². The number of piperidine rings is 1. The molecule has 1 saturated carbocycles. The van der Waals surface area contributed by atoms with Gasteiger partial charge in [-0.25, -0.2) is 4.98 Å². The minimum Gasteiger partial charge on any atom is -0.388 e. The third-order valence-electron chi connectivity index (χ3n) is 4.71. The Balaban J connectivity index is 1.50. The molecule has 25 heavy (non-hydrogen) atoms. The Hall–Kier alpha value is -2.17. The maximum absolute atomic E-state index is 11.0. The molecule has 3 heterocycles. The van der Waals surface area contributed by atoms with Crippen LogP contribution in [0.1, 0.15) is 48.9 Å². The molecule has 1 aliphatic heterocycles. The van der Waals surface area contributed by atoms with Gasteiger partial charge in [0.05, 0.1) is 22.6 Å². The fraction of sp³-hybridized carbons (Fsp3) is 0.529. The molecule has 2 fully saturated rings. The summed E-state index contributed by atoms with van der Waals surface area (Å²) in [4.78, 5) is 10.7. The van der Waals surface area contributed by atoms with Crippen LogP contribution in [0.25, 0.3) is 0 Å². The zero-order chi connectivity index (χ0) is 17.4. The third kappa shape index (κ3) is 3.46. The fourth-order valence-corrected chi connectivity index (χ4v) is 3.58. The molecule has 1 saturated heterocycles. The summed E-state index contributed by atoms with van der Waals surface area (Å²) in [5.41, 5.74) is -0.552. The van der Waals surface area contributed by atoms with Crippen LogP contribution in [-0.2, 0) is 6.42 Å². The molecule has 0 amide bonds. The lowest BCUT2D eigenvalue weighted by Crippen LogP contribution is -2.50. The number of halogens is 1. The first-order chi connectivity index (χ1) is 12.1. The van der Waals surface area contributed by atoms with Crippen LogP contribution in [0.4, 0.5) is 5.82 Å². The van der Waals surface area contributed by atoms with Crippen molar-refractivity contribution in [1.29, 1.82) is 5.26 Å². The van der Waals surface area contributed by atoms with E-state index in [0.29, 0.717) is 47.6 Å². The molecule has 1 atom stereocenters. The van der Waals surface area contributed by atoms with Crippen LogP contribution >= 0.6 is 11.6 Å². The lowest BCUT2D eigenvalue weighted by atomic mass is 9.89. The predicted octanol–water partition coefficient (Wildman–Crippen LogP) is 2.44. The van der Waals surface area contributed by atoms with Crippen molar-refractivity contribution in [3.8, 4) is 6.07 Å². The molecule has 8 heteroatoms. The highest BCUT2D eigenvalue weighted by molar-refractivity contribution is 6.33. The van der Waals surface area contributed by atoms with Crippen molar-refractivity contribution < 1.29 is 9.63 Å². The van der Waals surface area contributed by atoms with E-state index in [0.717, 1.165) is 31.6 Å². The van der Waals surface area contributed by atoms with Gasteiger partial charge in [0, 0.05) is 25.2 Å². The maximum atomic E-state index is 11.0. The summed E-state index contributed by atoms with van der Waals surface area (Å²) in [6.07, 6.45) is 5.49. The van der Waals surface area contributed by atoms with Gasteiger partial charge in [-0.3, -0.25) is 0 Å². The van der Waals surface area contributed by atoms with E-state index in [-0.39, 0.29) is 0 Å². The van der Waals surface area contributed by atoms with E-state index in [9.17, 15) is 5.11 Å². The largest absolute Gasteiger partial charge is 0.388 e. The third-order valence-corrected chi connectivity index (χ3v) is 4.99. The fourth-order valence-electron chi connectivity index (χ4n) is 3.29. The monoisotopic (exact) mass is 359 g/mol. The summed E-state index contributed by atoms with van der Waals surface area (Å²) in [6, 6.07) is 3.62. The smallest absolute Gasteiger partial charge is 0.229 e. The zero-order valence-electron chi connectivity index (χ0n) is 13.7. The molecule has 1 aliphatic carbocycles. The average Bonchev–Trinajstić information content (AvgIpc) is 3.35. The SMILES string of the molecule is N#Cc1cnc(N2CCCC(O)(Cc3nc(C4CC4)no3)C2)c(Cl)c1. The molecule has 7 nitrogen and oxygen atoms in total. The lowest BCUT2D eigenvalue weighted by Gasteiger charge is -2.39. The Bertz CT molecular complexity index is 829. The standard InChI is InChI=1S/C17H18ClN5O2/c18-13-6-11(8-19)9-20-16(13)23-5-1-4-17(24,10-23)7-14-21-15(22-25-14)12-2-3-12/h6,9,12,24H,1-5,7,10H2. The van der Waals surface area contributed by atoms with E-state index in [2.05, 4.69) is 15.1 Å². The first kappa shape index (κ1) is 16.3. The summed E-state index contributed by atoms with van der Waals surface area (Å²) in [5.74, 6) is 2.24. The highest BCUT2D eigenvalue weighted by atomic mass is 35.5. The van der Waals surface area contributed by atoms with Crippen molar-refractivity contribution >= 4 is 17.4 Å². The quantitative estimate of drug-likeness (QED) is 0.894. The van der Waals surface area contributed by atoms with Gasteiger partial charge >= 0.3 is 0 Å². The molecule has 0 bridgehead atoms. The van der Waals surface area contributed by atoms with Crippen LogP contribution in [0.3, 0.4) is 0 Å². The van der Waals surface area contributed by atoms with Gasteiger partial charge in [-0.15, -0.1) is 0 Å². The minimum atomic E-state index is -0.968. The van der Waals surface area contributed by atoms with E-state index >= 15 is 0 Å². The van der Waals surface area contributed by atoms with Gasteiger partial charge in [0.2, 0.25) is 5.89 Å². The Labute approximate surface area is 150 Å². The van der Waals surface area contributed by atoms with Crippen LogP contribution in [0.5, 0.6) is 0 Å². The number of aromatic nitrogens is 3. The summed E-state index contributed by atoms with van der Waals surface area (Å²) in [6.45, 7) is 1.13. The number of nitrogens with zero attached hydrogens (tertiary/aromatic N) is 5. The van der Waals surface area contributed by atoms with Crippen LogP contribution in [-0.4, -0.2) is 38.9 Å². The summed E-state index contributed by atoms with van der Waals surface area (Å²) < 4.78 is 5.31. The predicted molar refractivity (Wildman–Crippen MR) is 90.3 cm³/mol. The number of rotatable bonds is 4. The second kappa shape index (κ2) is 6.28. The topological polar surface area (TPSA) is 99.1 Å². The second-order valence-electron chi connectivity index (χ2n) is 6.89. The molecule has 130 valence electrons. The number of β-amino-alcohol motifs (C(OH)–C–C–N with tert-alkyl or cyclic N) is 1. The van der Waals surface area contributed by atoms with E-state index in [1.165, 1.54) is 6.20 Å². The summed E-state index contributed by atoms with van der Waals surface area (Å²) in [7, 11) is 0. The van der Waals surface area contributed by atoms with Crippen LogP contribution < -0.4 is 4.90 Å². The Morgan fingerprint density at radius 3 is 3.04 bits per heavy atom. The van der Waals surface area contributed by atoms with Crippen molar-refractivity contribution in [2.75, 3.05) is 18.0 Å². The van der Waals surface area contributed by atoms with E-state index in [1.807, 2.05) is 11.0 Å². The van der Waals surface area contributed by atoms with Gasteiger partial charge in [-0.1, -0.05) is 16.8 Å². The highest BCUT2D eigenvalue weighted by Gasteiger charge is 2.37. The Kier molecular flexibility index (Phi) is 4.10. The Morgan fingerprint density at radius 1 is 1.48 bits per heavy atom. The minimum absolute atomic E-state index is 0.317. The van der Waals surface area contributed by atoms with Gasteiger partial charge in [-0.05, 0) is 31.7 Å². The van der Waals surface area contributed by atoms with Crippen LogP contribution in [0.2, 0.25) is 5.02 Å². The normalized spacial score (nSPS) is 23.5. The molecule has 4 rings (SSSR count). The maximum Gasteiger partial charge on any atom is 0.229 e.